The number of hydrogen-bond donors (Lipinski definition) is 3. The Kier molecular flexibility index (Phi) is 5.13. The molecule has 0 aliphatic carbocycles. The van der Waals surface area contributed by atoms with Gasteiger partial charge in [0.15, 0.2) is 0 Å². The molecule has 1 aromatic rings. The van der Waals surface area contributed by atoms with Crippen LogP contribution in [0.1, 0.15) is 13.3 Å². The van der Waals surface area contributed by atoms with Crippen LogP contribution in [0.15, 0.2) is 29.4 Å². The fourth-order valence-corrected chi connectivity index (χ4v) is 1.29. The molecule has 0 heterocycles. The van der Waals surface area contributed by atoms with Crippen LogP contribution in [0.2, 0.25) is 5.02 Å². The fourth-order valence-electron chi connectivity index (χ4n) is 1.16. The van der Waals surface area contributed by atoms with Crippen LogP contribution in [0.4, 0.5) is 10.5 Å². The first-order valence-corrected chi connectivity index (χ1v) is 5.49. The molecule has 0 bridgehead atoms. The summed E-state index contributed by atoms with van der Waals surface area (Å²) in [6.07, 6.45) is 0.0584. The minimum absolute atomic E-state index is 0.0584. The normalized spacial score (nSPS) is 10.9. The molecule has 0 aromatic heterocycles. The number of anilines is 1. The number of urea groups is 1. The molecular weight excluding hydrogens is 256 g/mol. The lowest BCUT2D eigenvalue weighted by molar-refractivity contribution is -0.115. The smallest absolute Gasteiger partial charge is 0.332 e. The van der Waals surface area contributed by atoms with E-state index in [0.717, 1.165) is 0 Å². The van der Waals surface area contributed by atoms with E-state index in [0.29, 0.717) is 16.4 Å². The average molecular weight is 269 g/mol. The van der Waals surface area contributed by atoms with Crippen LogP contribution in [0, 0.1) is 0 Å². The summed E-state index contributed by atoms with van der Waals surface area (Å²) < 4.78 is 0. The third-order valence-electron chi connectivity index (χ3n) is 1.90. The fraction of sp³-hybridized carbons (Fsp3) is 0.182. The van der Waals surface area contributed by atoms with Crippen LogP contribution >= 0.6 is 11.6 Å². The van der Waals surface area contributed by atoms with Gasteiger partial charge in [-0.15, -0.1) is 0 Å². The van der Waals surface area contributed by atoms with Gasteiger partial charge in [-0.2, -0.15) is 5.10 Å². The van der Waals surface area contributed by atoms with Gasteiger partial charge in [0.1, 0.15) is 0 Å². The maximum atomic E-state index is 11.6. The Labute approximate surface area is 109 Å². The summed E-state index contributed by atoms with van der Waals surface area (Å²) in [5.41, 5.74) is 7.97. The van der Waals surface area contributed by atoms with Gasteiger partial charge in [-0.25, -0.2) is 10.2 Å². The van der Waals surface area contributed by atoms with Crippen molar-refractivity contribution >= 4 is 34.9 Å². The van der Waals surface area contributed by atoms with Crippen molar-refractivity contribution in [2.24, 2.45) is 10.8 Å². The van der Waals surface area contributed by atoms with Gasteiger partial charge in [-0.3, -0.25) is 4.79 Å². The number of carbonyl (C=O) groups excluding carboxylic acids is 2. The molecule has 0 fully saturated rings. The molecule has 0 aliphatic heterocycles. The SMILES string of the molecule is C/C(CC(=O)Nc1ccc(Cl)cc1)=N/NC(N)=O. The monoisotopic (exact) mass is 268 g/mol. The van der Waals surface area contributed by atoms with Crippen molar-refractivity contribution in [3.63, 3.8) is 0 Å². The van der Waals surface area contributed by atoms with Crippen molar-refractivity contribution in [2.75, 3.05) is 5.32 Å². The molecule has 1 aromatic carbocycles. The number of nitrogens with two attached hydrogens (primary N) is 1. The first kappa shape index (κ1) is 14.0. The minimum Gasteiger partial charge on any atom is -0.350 e. The summed E-state index contributed by atoms with van der Waals surface area (Å²) in [5.74, 6) is -0.246. The number of nitrogens with zero attached hydrogens (tertiary/aromatic N) is 1. The van der Waals surface area contributed by atoms with Gasteiger partial charge in [-0.1, -0.05) is 11.6 Å². The van der Waals surface area contributed by atoms with Crippen LogP contribution in [0.25, 0.3) is 0 Å². The Morgan fingerprint density at radius 1 is 1.33 bits per heavy atom. The van der Waals surface area contributed by atoms with E-state index in [4.69, 9.17) is 17.3 Å². The topological polar surface area (TPSA) is 96.6 Å². The van der Waals surface area contributed by atoms with Crippen LogP contribution in [-0.4, -0.2) is 17.6 Å². The maximum Gasteiger partial charge on any atom is 0.332 e. The van der Waals surface area contributed by atoms with Gasteiger partial charge >= 0.3 is 6.03 Å². The Balaban J connectivity index is 2.49. The molecule has 18 heavy (non-hydrogen) atoms. The maximum absolute atomic E-state index is 11.6. The summed E-state index contributed by atoms with van der Waals surface area (Å²) in [6.45, 7) is 1.61. The number of hydrazone groups is 1. The molecule has 0 saturated carbocycles. The van der Waals surface area contributed by atoms with E-state index >= 15 is 0 Å². The Morgan fingerprint density at radius 2 is 1.94 bits per heavy atom. The molecule has 0 unspecified atom stereocenters. The second kappa shape index (κ2) is 6.61. The Bertz CT molecular complexity index is 470. The molecule has 0 radical (unpaired) electrons. The van der Waals surface area contributed by atoms with E-state index in [2.05, 4.69) is 15.8 Å². The number of hydrogen-bond acceptors (Lipinski definition) is 3. The van der Waals surface area contributed by atoms with Crippen molar-refractivity contribution in [3.05, 3.63) is 29.3 Å². The van der Waals surface area contributed by atoms with Gasteiger partial charge < -0.3 is 11.1 Å². The first-order valence-electron chi connectivity index (χ1n) is 5.11. The molecule has 0 atom stereocenters. The predicted octanol–water partition coefficient (Wildman–Crippen LogP) is 1.71. The second-order valence-electron chi connectivity index (χ2n) is 3.55. The van der Waals surface area contributed by atoms with Gasteiger partial charge in [0, 0.05) is 16.4 Å². The molecule has 6 nitrogen and oxygen atoms in total. The molecule has 3 amide bonds. The van der Waals surface area contributed by atoms with Crippen LogP contribution in [-0.2, 0) is 4.79 Å². The average Bonchev–Trinajstić information content (AvgIpc) is 2.29. The zero-order valence-corrected chi connectivity index (χ0v) is 10.5. The van der Waals surface area contributed by atoms with Gasteiger partial charge in [0.05, 0.1) is 6.42 Å². The van der Waals surface area contributed by atoms with Crippen molar-refractivity contribution in [2.45, 2.75) is 13.3 Å². The van der Waals surface area contributed by atoms with Crippen LogP contribution < -0.4 is 16.5 Å². The number of rotatable bonds is 4. The predicted molar refractivity (Wildman–Crippen MR) is 70.5 cm³/mol. The van der Waals surface area contributed by atoms with Gasteiger partial charge in [0.25, 0.3) is 0 Å². The van der Waals surface area contributed by atoms with E-state index in [-0.39, 0.29) is 12.3 Å². The number of primary amides is 1. The van der Waals surface area contributed by atoms with Crippen LogP contribution in [0.3, 0.4) is 0 Å². The summed E-state index contributed by atoms with van der Waals surface area (Å²) >= 11 is 5.72. The van der Waals surface area contributed by atoms with E-state index in [1.807, 2.05) is 0 Å². The number of nitrogens with one attached hydrogen (secondary N) is 2. The summed E-state index contributed by atoms with van der Waals surface area (Å²) in [4.78, 5) is 22.0. The quantitative estimate of drug-likeness (QED) is 0.572. The summed E-state index contributed by atoms with van der Waals surface area (Å²) in [5, 5.41) is 6.89. The molecule has 7 heteroatoms. The number of carbonyl (C=O) groups is 2. The zero-order chi connectivity index (χ0) is 13.5. The van der Waals surface area contributed by atoms with Crippen molar-refractivity contribution in [1.29, 1.82) is 0 Å². The lowest BCUT2D eigenvalue weighted by Gasteiger charge is -2.05. The number of benzene rings is 1. The van der Waals surface area contributed by atoms with Crippen molar-refractivity contribution < 1.29 is 9.59 Å². The molecule has 96 valence electrons. The largest absolute Gasteiger partial charge is 0.350 e. The summed E-state index contributed by atoms with van der Waals surface area (Å²) in [7, 11) is 0. The standard InChI is InChI=1S/C11H13ClN4O2/c1-7(15-16-11(13)18)6-10(17)14-9-4-2-8(12)3-5-9/h2-5H,6H2,1H3,(H,14,17)(H3,13,16,18)/b15-7-. The number of amides is 3. The van der Waals surface area contributed by atoms with E-state index in [1.165, 1.54) is 0 Å². The minimum atomic E-state index is -0.771. The molecule has 1 rings (SSSR count). The number of halogens is 1. The Hall–Kier alpha value is -2.08. The first-order chi connectivity index (χ1) is 8.47. The summed E-state index contributed by atoms with van der Waals surface area (Å²) in [6, 6.07) is 5.95. The highest BCUT2D eigenvalue weighted by Crippen LogP contribution is 2.13. The second-order valence-corrected chi connectivity index (χ2v) is 3.99. The lowest BCUT2D eigenvalue weighted by Crippen LogP contribution is -2.26. The van der Waals surface area contributed by atoms with Gasteiger partial charge in [-0.05, 0) is 31.2 Å². The molecule has 0 aliphatic rings. The molecule has 0 spiro atoms. The zero-order valence-electron chi connectivity index (χ0n) is 9.74. The van der Waals surface area contributed by atoms with Gasteiger partial charge in [0.2, 0.25) is 5.91 Å². The highest BCUT2D eigenvalue weighted by molar-refractivity contribution is 6.30. The van der Waals surface area contributed by atoms with E-state index < -0.39 is 6.03 Å². The highest BCUT2D eigenvalue weighted by atomic mass is 35.5. The third-order valence-corrected chi connectivity index (χ3v) is 2.15. The van der Waals surface area contributed by atoms with Crippen LogP contribution in [0.5, 0.6) is 0 Å². The van der Waals surface area contributed by atoms with Crippen molar-refractivity contribution in [1.82, 2.24) is 5.43 Å². The van der Waals surface area contributed by atoms with Crippen molar-refractivity contribution in [3.8, 4) is 0 Å². The Morgan fingerprint density at radius 3 is 2.50 bits per heavy atom. The molecular formula is C11H13ClN4O2. The van der Waals surface area contributed by atoms with E-state index in [1.54, 1.807) is 31.2 Å². The molecule has 4 N–H and O–H groups in total. The highest BCUT2D eigenvalue weighted by Gasteiger charge is 2.04. The third kappa shape index (κ3) is 5.31. The van der Waals surface area contributed by atoms with E-state index in [9.17, 15) is 9.59 Å². The molecule has 0 saturated heterocycles. The lowest BCUT2D eigenvalue weighted by atomic mass is 10.2.